The summed E-state index contributed by atoms with van der Waals surface area (Å²) in [4.78, 5) is 19.9. The fourth-order valence-corrected chi connectivity index (χ4v) is 2.19. The number of benzene rings is 1. The summed E-state index contributed by atoms with van der Waals surface area (Å²) < 4.78 is 10.9. The minimum Gasteiger partial charge on any atom is -0.497 e. The number of aryl methyl sites for hydroxylation is 1. The molecule has 0 saturated carbocycles. The quantitative estimate of drug-likeness (QED) is 0.557. The second-order valence-electron chi connectivity index (χ2n) is 5.51. The summed E-state index contributed by atoms with van der Waals surface area (Å²) in [5.41, 5.74) is 1.16. The summed E-state index contributed by atoms with van der Waals surface area (Å²) in [6, 6.07) is 7.18. The van der Waals surface area contributed by atoms with E-state index in [4.69, 9.17) is 9.47 Å². The first-order valence-corrected chi connectivity index (χ1v) is 8.26. The van der Waals surface area contributed by atoms with E-state index in [0.29, 0.717) is 23.0 Å². The summed E-state index contributed by atoms with van der Waals surface area (Å²) in [5, 5.41) is 3.25. The van der Waals surface area contributed by atoms with Gasteiger partial charge in [-0.25, -0.2) is 14.8 Å². The van der Waals surface area contributed by atoms with Crippen LogP contribution in [0, 0.1) is 6.92 Å². The third kappa shape index (κ3) is 5.33. The zero-order valence-electron chi connectivity index (χ0n) is 14.8. The van der Waals surface area contributed by atoms with Gasteiger partial charge >= 0.3 is 0 Å². The normalized spacial score (nSPS) is 10.0. The number of unbranched alkanes of at least 4 members (excludes halogenated alkanes) is 1. The van der Waals surface area contributed by atoms with Gasteiger partial charge in [-0.15, -0.1) is 0 Å². The van der Waals surface area contributed by atoms with E-state index in [1.807, 2.05) is 12.9 Å². The molecule has 0 radical (unpaired) electrons. The van der Waals surface area contributed by atoms with Crippen molar-refractivity contribution in [2.75, 3.05) is 25.6 Å². The molecule has 0 aliphatic carbocycles. The monoisotopic (exact) mass is 341 g/mol. The van der Waals surface area contributed by atoms with E-state index >= 15 is 0 Å². The molecule has 132 valence electrons. The molecule has 6 heteroatoms. The van der Waals surface area contributed by atoms with Crippen LogP contribution in [0.2, 0.25) is 0 Å². The predicted molar refractivity (Wildman–Crippen MR) is 97.8 cm³/mol. The summed E-state index contributed by atoms with van der Waals surface area (Å²) in [6.45, 7) is 4.84. The molecule has 0 aliphatic heterocycles. The number of aromatic nitrogens is 2. The van der Waals surface area contributed by atoms with Crippen LogP contribution in [0.1, 0.15) is 31.2 Å². The lowest BCUT2D eigenvalue weighted by molar-refractivity contribution is 0.368. The molecular weight excluding hydrogens is 318 g/mol. The minimum atomic E-state index is 0.0880. The Kier molecular flexibility index (Phi) is 6.99. The fourth-order valence-electron chi connectivity index (χ4n) is 2.19. The Hall–Kier alpha value is -2.85. The zero-order valence-corrected chi connectivity index (χ0v) is 14.8. The van der Waals surface area contributed by atoms with Crippen LogP contribution >= 0.6 is 0 Å². The smallest absolute Gasteiger partial charge is 0.180 e. The molecule has 1 aromatic carbocycles. The van der Waals surface area contributed by atoms with E-state index < -0.39 is 0 Å². The first kappa shape index (κ1) is 18.5. The molecule has 2 rings (SSSR count). The first-order valence-electron chi connectivity index (χ1n) is 8.26. The molecule has 25 heavy (non-hydrogen) atoms. The Labute approximate surface area is 147 Å². The zero-order chi connectivity index (χ0) is 18.1. The molecule has 0 bridgehead atoms. The average molecular weight is 341 g/mol. The van der Waals surface area contributed by atoms with Gasteiger partial charge in [0.1, 0.15) is 24.1 Å². The van der Waals surface area contributed by atoms with Crippen LogP contribution in [-0.2, 0) is 4.79 Å². The van der Waals surface area contributed by atoms with Gasteiger partial charge in [0.25, 0.3) is 0 Å². The Morgan fingerprint density at radius 3 is 2.68 bits per heavy atom. The van der Waals surface area contributed by atoms with E-state index in [1.54, 1.807) is 37.6 Å². The maximum atomic E-state index is 11.3. The number of nitrogens with one attached hydrogen (secondary N) is 1. The summed E-state index contributed by atoms with van der Waals surface area (Å²) >= 11 is 0. The van der Waals surface area contributed by atoms with Crippen molar-refractivity contribution in [1.29, 1.82) is 0 Å². The summed E-state index contributed by atoms with van der Waals surface area (Å²) in [6.07, 6.45) is 3.74. The lowest BCUT2D eigenvalue weighted by Crippen LogP contribution is -2.09. The molecule has 0 unspecified atom stereocenters. The van der Waals surface area contributed by atoms with Crippen LogP contribution in [-0.4, -0.2) is 36.2 Å². The van der Waals surface area contributed by atoms with Gasteiger partial charge in [-0.3, -0.25) is 0 Å². The van der Waals surface area contributed by atoms with E-state index in [1.165, 1.54) is 0 Å². The lowest BCUT2D eigenvalue weighted by atomic mass is 10.1. The topological polar surface area (TPSA) is 73.3 Å². The molecule has 0 spiro atoms. The first-order chi connectivity index (χ1) is 12.2. The maximum absolute atomic E-state index is 11.3. The van der Waals surface area contributed by atoms with Crippen LogP contribution in [0.5, 0.6) is 11.5 Å². The highest BCUT2D eigenvalue weighted by atomic mass is 16.5. The molecule has 0 atom stereocenters. The van der Waals surface area contributed by atoms with Crippen molar-refractivity contribution < 1.29 is 14.3 Å². The number of ether oxygens (including phenoxy) is 2. The SMILES string of the molecule is CCCCNc1nc(C)ncc1OCC(=C=O)c1ccc(OC)cc1. The second kappa shape index (κ2) is 9.45. The number of hydrogen-bond donors (Lipinski definition) is 1. The number of hydrogen-bond acceptors (Lipinski definition) is 6. The highest BCUT2D eigenvalue weighted by molar-refractivity contribution is 5.88. The molecule has 2 aromatic rings. The van der Waals surface area contributed by atoms with Crippen molar-refractivity contribution in [2.45, 2.75) is 26.7 Å². The van der Waals surface area contributed by atoms with Crippen LogP contribution in [0.3, 0.4) is 0 Å². The molecule has 1 aromatic heterocycles. The van der Waals surface area contributed by atoms with Gasteiger partial charge < -0.3 is 14.8 Å². The van der Waals surface area contributed by atoms with Gasteiger partial charge in [-0.1, -0.05) is 25.5 Å². The lowest BCUT2D eigenvalue weighted by Gasteiger charge is -2.13. The summed E-state index contributed by atoms with van der Waals surface area (Å²) in [7, 11) is 1.60. The van der Waals surface area contributed by atoms with Gasteiger partial charge in [0.15, 0.2) is 11.6 Å². The maximum Gasteiger partial charge on any atom is 0.180 e. The van der Waals surface area contributed by atoms with E-state index in [2.05, 4.69) is 22.2 Å². The van der Waals surface area contributed by atoms with Crippen molar-refractivity contribution in [1.82, 2.24) is 9.97 Å². The van der Waals surface area contributed by atoms with Gasteiger partial charge in [0.2, 0.25) is 0 Å². The van der Waals surface area contributed by atoms with Crippen molar-refractivity contribution in [3.05, 3.63) is 41.9 Å². The number of methoxy groups -OCH3 is 1. The Morgan fingerprint density at radius 1 is 1.28 bits per heavy atom. The molecule has 0 amide bonds. The summed E-state index contributed by atoms with van der Waals surface area (Å²) in [5.74, 6) is 4.49. The standard InChI is InChI=1S/C19H23N3O3/c1-4-5-10-20-19-18(11-21-14(2)22-19)25-13-16(12-23)15-6-8-17(24-3)9-7-15/h6-9,11H,4-5,10,13H2,1-3H3,(H,20,21,22). The molecular formula is C19H23N3O3. The number of nitrogens with zero attached hydrogens (tertiary/aromatic N) is 2. The molecule has 1 heterocycles. The Balaban J connectivity index is 2.09. The van der Waals surface area contributed by atoms with Crippen LogP contribution < -0.4 is 14.8 Å². The van der Waals surface area contributed by atoms with E-state index in [-0.39, 0.29) is 6.61 Å². The molecule has 0 saturated heterocycles. The number of anilines is 1. The van der Waals surface area contributed by atoms with Crippen molar-refractivity contribution >= 4 is 17.3 Å². The van der Waals surface area contributed by atoms with E-state index in [0.717, 1.165) is 30.7 Å². The molecule has 0 fully saturated rings. The fraction of sp³-hybridized carbons (Fsp3) is 0.368. The van der Waals surface area contributed by atoms with Crippen molar-refractivity contribution in [3.8, 4) is 11.5 Å². The number of carbonyl (C=O) groups excluding carboxylic acids is 1. The highest BCUT2D eigenvalue weighted by Crippen LogP contribution is 2.23. The molecule has 6 nitrogen and oxygen atoms in total. The molecule has 1 N–H and O–H groups in total. The number of rotatable bonds is 9. The predicted octanol–water partition coefficient (Wildman–Crippen LogP) is 3.30. The van der Waals surface area contributed by atoms with Crippen molar-refractivity contribution in [3.63, 3.8) is 0 Å². The largest absolute Gasteiger partial charge is 0.497 e. The third-order valence-corrected chi connectivity index (χ3v) is 3.63. The second-order valence-corrected chi connectivity index (χ2v) is 5.51. The van der Waals surface area contributed by atoms with Gasteiger partial charge in [-0.05, 0) is 31.0 Å². The highest BCUT2D eigenvalue weighted by Gasteiger charge is 2.10. The van der Waals surface area contributed by atoms with Crippen LogP contribution in [0.25, 0.3) is 5.57 Å². The Morgan fingerprint density at radius 2 is 2.04 bits per heavy atom. The van der Waals surface area contributed by atoms with Crippen molar-refractivity contribution in [2.24, 2.45) is 0 Å². The third-order valence-electron chi connectivity index (χ3n) is 3.63. The molecule has 0 aliphatic rings. The van der Waals surface area contributed by atoms with E-state index in [9.17, 15) is 4.79 Å². The Bertz CT molecular complexity index is 738. The van der Waals surface area contributed by atoms with Crippen LogP contribution in [0.15, 0.2) is 30.5 Å². The average Bonchev–Trinajstić information content (AvgIpc) is 2.64. The minimum absolute atomic E-state index is 0.0880. The van der Waals surface area contributed by atoms with Gasteiger partial charge in [0, 0.05) is 6.54 Å². The van der Waals surface area contributed by atoms with Gasteiger partial charge in [0.05, 0.1) is 18.9 Å². The van der Waals surface area contributed by atoms with Crippen LogP contribution in [0.4, 0.5) is 5.82 Å². The van der Waals surface area contributed by atoms with Gasteiger partial charge in [-0.2, -0.15) is 0 Å².